The van der Waals surface area contributed by atoms with Crippen molar-refractivity contribution < 1.29 is 33.4 Å². The maximum Gasteiger partial charge on any atom is 0.344 e. The molecule has 8 nitrogen and oxygen atoms in total. The molecule has 31 heavy (non-hydrogen) atoms. The maximum atomic E-state index is 12.4. The quantitative estimate of drug-likeness (QED) is 0.331. The summed E-state index contributed by atoms with van der Waals surface area (Å²) in [6.07, 6.45) is 1.49. The number of hydrogen-bond acceptors (Lipinski definition) is 8. The van der Waals surface area contributed by atoms with E-state index in [1.54, 1.807) is 36.4 Å². The first-order valence-electron chi connectivity index (χ1n) is 8.81. The molecule has 0 bridgehead atoms. The third kappa shape index (κ3) is 5.15. The second-order valence-corrected chi connectivity index (χ2v) is 7.97. The summed E-state index contributed by atoms with van der Waals surface area (Å²) < 4.78 is 15.8. The zero-order chi connectivity index (χ0) is 22.5. The van der Waals surface area contributed by atoms with Gasteiger partial charge in [-0.25, -0.2) is 4.79 Å². The molecule has 2 aromatic rings. The van der Waals surface area contributed by atoms with Crippen LogP contribution in [-0.2, 0) is 14.3 Å². The lowest BCUT2D eigenvalue weighted by atomic mass is 10.1. The van der Waals surface area contributed by atoms with Gasteiger partial charge in [0, 0.05) is 4.47 Å². The summed E-state index contributed by atoms with van der Waals surface area (Å²) in [5.41, 5.74) is 0.897. The average Bonchev–Trinajstić information content (AvgIpc) is 3.02. The number of carbonyl (C=O) groups is 4. The van der Waals surface area contributed by atoms with Crippen LogP contribution in [0.4, 0.5) is 4.79 Å². The molecule has 0 radical (unpaired) electrons. The van der Waals surface area contributed by atoms with E-state index < -0.39 is 29.6 Å². The van der Waals surface area contributed by atoms with E-state index in [1.165, 1.54) is 26.4 Å². The summed E-state index contributed by atoms with van der Waals surface area (Å²) in [6, 6.07) is 11.6. The van der Waals surface area contributed by atoms with Crippen molar-refractivity contribution in [2.45, 2.75) is 0 Å². The van der Waals surface area contributed by atoms with Crippen molar-refractivity contribution >= 4 is 56.9 Å². The Bertz CT molecular complexity index is 1100. The third-order valence-corrected chi connectivity index (χ3v) is 5.77. The lowest BCUT2D eigenvalue weighted by molar-refractivity contribution is -0.143. The molecule has 2 aromatic carbocycles. The van der Waals surface area contributed by atoms with Crippen LogP contribution in [0.15, 0.2) is 51.8 Å². The number of hydrogen-bond donors (Lipinski definition) is 0. The Balaban J connectivity index is 1.81. The summed E-state index contributed by atoms with van der Waals surface area (Å²) in [5.74, 6) is -1.39. The van der Waals surface area contributed by atoms with Crippen LogP contribution < -0.4 is 9.47 Å². The normalized spacial score (nSPS) is 14.7. The standard InChI is InChI=1S/C21H16BrNO7S/c1-28-16-9-12(10-17-19(25)23(21(27)31-17)11-18(24)29-2)7-8-15(16)30-20(26)13-5-3-4-6-14(13)22/h3-10H,11H2,1-2H3/b17-10-. The molecular weight excluding hydrogens is 490 g/mol. The summed E-state index contributed by atoms with van der Waals surface area (Å²) >= 11 is 4.02. The zero-order valence-electron chi connectivity index (χ0n) is 16.4. The summed E-state index contributed by atoms with van der Waals surface area (Å²) in [6.45, 7) is -0.453. The van der Waals surface area contributed by atoms with Crippen LogP contribution in [0.1, 0.15) is 15.9 Å². The number of halogens is 1. The van der Waals surface area contributed by atoms with Crippen molar-refractivity contribution in [3.05, 3.63) is 63.0 Å². The monoisotopic (exact) mass is 505 g/mol. The Kier molecular flexibility index (Phi) is 7.13. The molecule has 0 saturated carbocycles. The SMILES string of the molecule is COC(=O)CN1C(=O)S/C(=C\c2ccc(OC(=O)c3ccccc3Br)c(OC)c2)C1=O. The highest BCUT2D eigenvalue weighted by Crippen LogP contribution is 2.35. The summed E-state index contributed by atoms with van der Waals surface area (Å²) in [7, 11) is 2.59. The molecule has 1 heterocycles. The van der Waals surface area contributed by atoms with Gasteiger partial charge in [-0.05, 0) is 63.6 Å². The molecule has 2 amide bonds. The van der Waals surface area contributed by atoms with E-state index in [4.69, 9.17) is 9.47 Å². The fourth-order valence-electron chi connectivity index (χ4n) is 2.62. The van der Waals surface area contributed by atoms with Crippen molar-refractivity contribution in [3.63, 3.8) is 0 Å². The van der Waals surface area contributed by atoms with Crippen molar-refractivity contribution in [2.75, 3.05) is 20.8 Å². The molecule has 3 rings (SSSR count). The summed E-state index contributed by atoms with van der Waals surface area (Å²) in [4.78, 5) is 49.3. The number of ether oxygens (including phenoxy) is 3. The predicted molar refractivity (Wildman–Crippen MR) is 117 cm³/mol. The number of methoxy groups -OCH3 is 2. The first kappa shape index (κ1) is 22.6. The molecule has 0 spiro atoms. The molecule has 1 fully saturated rings. The van der Waals surface area contributed by atoms with Crippen LogP contribution in [0, 0.1) is 0 Å². The number of thioether (sulfide) groups is 1. The number of rotatable bonds is 6. The number of benzene rings is 2. The van der Waals surface area contributed by atoms with Gasteiger partial charge in [-0.15, -0.1) is 0 Å². The van der Waals surface area contributed by atoms with Crippen LogP contribution in [0.25, 0.3) is 6.08 Å². The first-order valence-corrected chi connectivity index (χ1v) is 10.4. The van der Waals surface area contributed by atoms with Gasteiger partial charge in [-0.3, -0.25) is 19.3 Å². The van der Waals surface area contributed by atoms with Gasteiger partial charge in [0.25, 0.3) is 11.1 Å². The minimum Gasteiger partial charge on any atom is -0.493 e. The Morgan fingerprint density at radius 1 is 1.10 bits per heavy atom. The van der Waals surface area contributed by atoms with Crippen molar-refractivity contribution in [2.24, 2.45) is 0 Å². The zero-order valence-corrected chi connectivity index (χ0v) is 18.8. The van der Waals surface area contributed by atoms with Crippen LogP contribution in [-0.4, -0.2) is 48.7 Å². The molecule has 0 aromatic heterocycles. The van der Waals surface area contributed by atoms with E-state index in [2.05, 4.69) is 20.7 Å². The van der Waals surface area contributed by atoms with E-state index in [1.807, 2.05) is 0 Å². The van der Waals surface area contributed by atoms with E-state index in [9.17, 15) is 19.2 Å². The fraction of sp³-hybridized carbons (Fsp3) is 0.143. The number of esters is 2. The summed E-state index contributed by atoms with van der Waals surface area (Å²) in [5, 5.41) is -0.562. The highest BCUT2D eigenvalue weighted by Gasteiger charge is 2.36. The minimum absolute atomic E-state index is 0.147. The maximum absolute atomic E-state index is 12.4. The topological polar surface area (TPSA) is 99.2 Å². The molecule has 0 aliphatic carbocycles. The predicted octanol–water partition coefficient (Wildman–Crippen LogP) is 3.89. The number of amides is 2. The van der Waals surface area contributed by atoms with Gasteiger partial charge in [-0.2, -0.15) is 0 Å². The minimum atomic E-state index is -0.693. The molecule has 160 valence electrons. The van der Waals surface area contributed by atoms with Gasteiger partial charge in [0.2, 0.25) is 0 Å². The Morgan fingerprint density at radius 2 is 1.84 bits per heavy atom. The van der Waals surface area contributed by atoms with Gasteiger partial charge in [0.15, 0.2) is 11.5 Å². The largest absolute Gasteiger partial charge is 0.493 e. The lowest BCUT2D eigenvalue weighted by Crippen LogP contribution is -2.34. The van der Waals surface area contributed by atoms with Crippen LogP contribution >= 0.6 is 27.7 Å². The van der Waals surface area contributed by atoms with Gasteiger partial charge in [0.1, 0.15) is 6.54 Å². The Hall–Kier alpha value is -3.11. The molecular formula is C21H16BrNO7S. The van der Waals surface area contributed by atoms with Gasteiger partial charge in [0.05, 0.1) is 24.7 Å². The van der Waals surface area contributed by atoms with Gasteiger partial charge >= 0.3 is 11.9 Å². The van der Waals surface area contributed by atoms with Crippen LogP contribution in [0.3, 0.4) is 0 Å². The second kappa shape index (κ2) is 9.80. The van der Waals surface area contributed by atoms with Crippen molar-refractivity contribution in [3.8, 4) is 11.5 Å². The molecule has 0 atom stereocenters. The Labute approximate surface area is 190 Å². The molecule has 1 aliphatic rings. The third-order valence-electron chi connectivity index (χ3n) is 4.17. The van der Waals surface area contributed by atoms with Gasteiger partial charge < -0.3 is 14.2 Å². The fourth-order valence-corrected chi connectivity index (χ4v) is 3.91. The second-order valence-electron chi connectivity index (χ2n) is 6.12. The van der Waals surface area contributed by atoms with E-state index in [0.29, 0.717) is 27.4 Å². The number of nitrogens with zero attached hydrogens (tertiary/aromatic N) is 1. The van der Waals surface area contributed by atoms with Gasteiger partial charge in [-0.1, -0.05) is 18.2 Å². The van der Waals surface area contributed by atoms with E-state index in [0.717, 1.165) is 4.90 Å². The molecule has 0 unspecified atom stereocenters. The van der Waals surface area contributed by atoms with Crippen molar-refractivity contribution in [1.82, 2.24) is 4.90 Å². The van der Waals surface area contributed by atoms with Crippen LogP contribution in [0.5, 0.6) is 11.5 Å². The van der Waals surface area contributed by atoms with E-state index in [-0.39, 0.29) is 16.4 Å². The number of imide groups is 1. The molecule has 10 heteroatoms. The lowest BCUT2D eigenvalue weighted by Gasteiger charge is -2.11. The highest BCUT2D eigenvalue weighted by atomic mass is 79.9. The van der Waals surface area contributed by atoms with Crippen molar-refractivity contribution in [1.29, 1.82) is 0 Å². The molecule has 1 saturated heterocycles. The number of carbonyl (C=O) groups excluding carboxylic acids is 4. The van der Waals surface area contributed by atoms with Crippen LogP contribution in [0.2, 0.25) is 0 Å². The first-order chi connectivity index (χ1) is 14.8. The smallest absolute Gasteiger partial charge is 0.344 e. The Morgan fingerprint density at radius 3 is 2.52 bits per heavy atom. The molecule has 1 aliphatic heterocycles. The average molecular weight is 506 g/mol. The van der Waals surface area contributed by atoms with E-state index >= 15 is 0 Å². The highest BCUT2D eigenvalue weighted by molar-refractivity contribution is 9.10. The molecule has 0 N–H and O–H groups in total.